The standard InChI is InChI=1S/C50H30N6S/c1-3-13-31(14-4-1)47-52-48(32-15-5-2-6-16-32)54-49(53-47)33-23-25-45-39(27-33)38-19-9-12-22-44(38)56(45)35-29-41-40-28-34(24-26-46(40)57-50(41)51-30-35)55-42-20-10-7-17-36(42)37-18-8-11-21-43(37)55/h1-30H. The topological polar surface area (TPSA) is 61.4 Å². The summed E-state index contributed by atoms with van der Waals surface area (Å²) in [7, 11) is 0. The van der Waals surface area contributed by atoms with Crippen LogP contribution in [0, 0.1) is 0 Å². The van der Waals surface area contributed by atoms with Gasteiger partial charge in [0.15, 0.2) is 17.5 Å². The van der Waals surface area contributed by atoms with Crippen molar-refractivity contribution in [2.24, 2.45) is 0 Å². The molecule has 0 radical (unpaired) electrons. The van der Waals surface area contributed by atoms with E-state index in [1.165, 1.54) is 31.9 Å². The second-order valence-corrected chi connectivity index (χ2v) is 15.4. The van der Waals surface area contributed by atoms with Crippen LogP contribution in [0.5, 0.6) is 0 Å². The fourth-order valence-electron chi connectivity index (χ4n) is 8.43. The summed E-state index contributed by atoms with van der Waals surface area (Å²) >= 11 is 1.74. The van der Waals surface area contributed by atoms with Gasteiger partial charge in [-0.15, -0.1) is 11.3 Å². The Bertz CT molecular complexity index is 3420. The molecular weight excluding hydrogens is 717 g/mol. The van der Waals surface area contributed by atoms with Crippen LogP contribution in [0.4, 0.5) is 0 Å². The van der Waals surface area contributed by atoms with Gasteiger partial charge in [0.05, 0.1) is 34.0 Å². The molecule has 0 aliphatic rings. The molecule has 0 saturated heterocycles. The number of hydrogen-bond acceptors (Lipinski definition) is 5. The molecule has 0 amide bonds. The van der Waals surface area contributed by atoms with E-state index in [1.807, 2.05) is 66.9 Å². The first kappa shape index (κ1) is 31.8. The van der Waals surface area contributed by atoms with Crippen molar-refractivity contribution in [3.63, 3.8) is 0 Å². The van der Waals surface area contributed by atoms with E-state index >= 15 is 0 Å². The van der Waals surface area contributed by atoms with Crippen molar-refractivity contribution in [2.75, 3.05) is 0 Å². The summed E-state index contributed by atoms with van der Waals surface area (Å²) in [6.07, 6.45) is 2.01. The quantitative estimate of drug-likeness (QED) is 0.176. The molecule has 0 aliphatic carbocycles. The molecule has 7 aromatic carbocycles. The summed E-state index contributed by atoms with van der Waals surface area (Å²) < 4.78 is 5.93. The van der Waals surface area contributed by atoms with Crippen molar-refractivity contribution in [2.45, 2.75) is 0 Å². The number of benzene rings is 7. The van der Waals surface area contributed by atoms with Crippen molar-refractivity contribution in [3.8, 4) is 45.5 Å². The largest absolute Gasteiger partial charge is 0.309 e. The Kier molecular flexibility index (Phi) is 7.00. The summed E-state index contributed by atoms with van der Waals surface area (Å²) in [5.74, 6) is 1.92. The highest BCUT2D eigenvalue weighted by atomic mass is 32.1. The molecule has 0 bridgehead atoms. The number of hydrogen-bond donors (Lipinski definition) is 0. The molecule has 266 valence electrons. The maximum absolute atomic E-state index is 5.09. The van der Waals surface area contributed by atoms with Crippen LogP contribution in [-0.4, -0.2) is 29.1 Å². The molecule has 0 saturated carbocycles. The normalized spacial score (nSPS) is 11.9. The summed E-state index contributed by atoms with van der Waals surface area (Å²) in [5.41, 5.74) is 9.58. The number of pyridine rings is 1. The molecule has 5 heterocycles. The summed E-state index contributed by atoms with van der Waals surface area (Å²) in [6, 6.07) is 61.8. The van der Waals surface area contributed by atoms with E-state index in [2.05, 4.69) is 124 Å². The number of thiophene rings is 1. The molecule has 0 unspecified atom stereocenters. The SMILES string of the molecule is c1ccc(-c2nc(-c3ccccc3)nc(-c3ccc4c(c3)c3ccccc3n4-c3cnc4sc5ccc(-n6c7ccccc7c7ccccc76)cc5c4c3)n2)cc1. The lowest BCUT2D eigenvalue weighted by atomic mass is 10.1. The number of nitrogens with zero attached hydrogens (tertiary/aromatic N) is 6. The minimum absolute atomic E-state index is 0.633. The molecule has 57 heavy (non-hydrogen) atoms. The number of fused-ring (bicyclic) bond motifs is 9. The molecule has 6 nitrogen and oxygen atoms in total. The lowest BCUT2D eigenvalue weighted by Crippen LogP contribution is -2.00. The average Bonchev–Trinajstić information content (AvgIpc) is 3.94. The lowest BCUT2D eigenvalue weighted by molar-refractivity contribution is 1.07. The molecule has 12 rings (SSSR count). The zero-order valence-electron chi connectivity index (χ0n) is 30.4. The Hall–Kier alpha value is -7.48. The highest BCUT2D eigenvalue weighted by Gasteiger charge is 2.19. The van der Waals surface area contributed by atoms with Gasteiger partial charge in [-0.25, -0.2) is 19.9 Å². The van der Waals surface area contributed by atoms with Crippen LogP contribution >= 0.6 is 11.3 Å². The Morgan fingerprint density at radius 2 is 0.842 bits per heavy atom. The van der Waals surface area contributed by atoms with Gasteiger partial charge < -0.3 is 9.13 Å². The Labute approximate surface area is 330 Å². The van der Waals surface area contributed by atoms with Crippen LogP contribution in [0.15, 0.2) is 182 Å². The van der Waals surface area contributed by atoms with E-state index < -0.39 is 0 Å². The van der Waals surface area contributed by atoms with Crippen molar-refractivity contribution in [1.29, 1.82) is 0 Å². The smallest absolute Gasteiger partial charge is 0.164 e. The first-order valence-corrected chi connectivity index (χ1v) is 19.8. The number of aromatic nitrogens is 6. The van der Waals surface area contributed by atoms with Crippen LogP contribution in [0.25, 0.3) is 109 Å². The van der Waals surface area contributed by atoms with E-state index in [4.69, 9.17) is 19.9 Å². The zero-order valence-corrected chi connectivity index (χ0v) is 31.2. The number of para-hydroxylation sites is 3. The van der Waals surface area contributed by atoms with Crippen LogP contribution in [-0.2, 0) is 0 Å². The van der Waals surface area contributed by atoms with E-state index in [0.29, 0.717) is 17.5 Å². The fraction of sp³-hybridized carbons (Fsp3) is 0. The molecule has 5 aromatic heterocycles. The zero-order chi connectivity index (χ0) is 37.5. The second-order valence-electron chi connectivity index (χ2n) is 14.3. The molecule has 0 spiro atoms. The van der Waals surface area contributed by atoms with E-state index in [1.54, 1.807) is 11.3 Å². The summed E-state index contributed by atoms with van der Waals surface area (Å²) in [6.45, 7) is 0. The third kappa shape index (κ3) is 5.03. The fourth-order valence-corrected chi connectivity index (χ4v) is 9.43. The highest BCUT2D eigenvalue weighted by molar-refractivity contribution is 7.25. The molecule has 0 atom stereocenters. The second kappa shape index (κ2) is 12.5. The predicted octanol–water partition coefficient (Wildman–Crippen LogP) is 12.8. The Balaban J connectivity index is 1.03. The van der Waals surface area contributed by atoms with Gasteiger partial charge in [0.1, 0.15) is 4.83 Å². The summed E-state index contributed by atoms with van der Waals surface area (Å²) in [4.78, 5) is 21.1. The van der Waals surface area contributed by atoms with Gasteiger partial charge in [-0.2, -0.15) is 0 Å². The maximum Gasteiger partial charge on any atom is 0.164 e. The van der Waals surface area contributed by atoms with Gasteiger partial charge in [-0.05, 0) is 60.7 Å². The predicted molar refractivity (Wildman–Crippen MR) is 235 cm³/mol. The van der Waals surface area contributed by atoms with Crippen molar-refractivity contribution >= 4 is 75.3 Å². The van der Waals surface area contributed by atoms with Gasteiger partial charge >= 0.3 is 0 Å². The van der Waals surface area contributed by atoms with Gasteiger partial charge in [0, 0.05) is 59.4 Å². The molecule has 7 heteroatoms. The van der Waals surface area contributed by atoms with Crippen molar-refractivity contribution in [1.82, 2.24) is 29.1 Å². The van der Waals surface area contributed by atoms with Crippen molar-refractivity contribution < 1.29 is 0 Å². The molecular formula is C50H30N6S. The monoisotopic (exact) mass is 746 g/mol. The van der Waals surface area contributed by atoms with Gasteiger partial charge in [0.2, 0.25) is 0 Å². The first-order chi connectivity index (χ1) is 28.2. The van der Waals surface area contributed by atoms with Crippen LogP contribution in [0.3, 0.4) is 0 Å². The van der Waals surface area contributed by atoms with E-state index in [9.17, 15) is 0 Å². The van der Waals surface area contributed by atoms with Gasteiger partial charge in [-0.3, -0.25) is 0 Å². The minimum atomic E-state index is 0.633. The Morgan fingerprint density at radius 1 is 0.351 bits per heavy atom. The minimum Gasteiger partial charge on any atom is -0.309 e. The first-order valence-electron chi connectivity index (χ1n) is 19.0. The van der Waals surface area contributed by atoms with E-state index in [0.717, 1.165) is 60.1 Å². The molecule has 12 aromatic rings. The number of rotatable bonds is 5. The Morgan fingerprint density at radius 3 is 1.46 bits per heavy atom. The summed E-state index contributed by atoms with van der Waals surface area (Å²) in [5, 5.41) is 7.12. The van der Waals surface area contributed by atoms with Gasteiger partial charge in [-0.1, -0.05) is 115 Å². The van der Waals surface area contributed by atoms with Crippen molar-refractivity contribution in [3.05, 3.63) is 182 Å². The van der Waals surface area contributed by atoms with E-state index in [-0.39, 0.29) is 0 Å². The lowest BCUT2D eigenvalue weighted by Gasteiger charge is -2.10. The molecule has 0 fully saturated rings. The average molecular weight is 747 g/mol. The maximum atomic E-state index is 5.09. The van der Waals surface area contributed by atoms with Crippen LogP contribution < -0.4 is 0 Å². The van der Waals surface area contributed by atoms with Gasteiger partial charge in [0.25, 0.3) is 0 Å². The molecule has 0 aliphatic heterocycles. The van der Waals surface area contributed by atoms with Crippen LogP contribution in [0.1, 0.15) is 0 Å². The highest BCUT2D eigenvalue weighted by Crippen LogP contribution is 2.40. The molecule has 0 N–H and O–H groups in total. The third-order valence-electron chi connectivity index (χ3n) is 11.0. The third-order valence-corrected chi connectivity index (χ3v) is 12.1. The van der Waals surface area contributed by atoms with Crippen LogP contribution in [0.2, 0.25) is 0 Å².